The smallest absolute Gasteiger partial charge is 0.110 e. The van der Waals surface area contributed by atoms with Crippen LogP contribution in [-0.4, -0.2) is 15.6 Å². The second kappa shape index (κ2) is 5.08. The Balaban J connectivity index is 1.79. The van der Waals surface area contributed by atoms with E-state index in [1.807, 2.05) is 6.20 Å². The molecule has 3 nitrogen and oxygen atoms in total. The van der Waals surface area contributed by atoms with Crippen LogP contribution in [0.1, 0.15) is 25.2 Å². The molecular weight excluding hydrogens is 234 g/mol. The van der Waals surface area contributed by atoms with Crippen molar-refractivity contribution in [2.75, 3.05) is 5.32 Å². The van der Waals surface area contributed by atoms with E-state index in [4.69, 9.17) is 0 Å². The molecule has 0 saturated carbocycles. The maximum Gasteiger partial charge on any atom is 0.110 e. The van der Waals surface area contributed by atoms with E-state index >= 15 is 0 Å². The molecule has 0 radical (unpaired) electrons. The quantitative estimate of drug-likeness (QED) is 0.913. The van der Waals surface area contributed by atoms with E-state index < -0.39 is 0 Å². The van der Waals surface area contributed by atoms with Gasteiger partial charge in [-0.1, -0.05) is 25.1 Å². The monoisotopic (exact) mass is 255 g/mol. The zero-order valence-electron chi connectivity index (χ0n) is 11.6. The number of nitrogens with zero attached hydrogens (tertiary/aromatic N) is 2. The molecule has 1 aliphatic heterocycles. The first-order chi connectivity index (χ1) is 9.28. The summed E-state index contributed by atoms with van der Waals surface area (Å²) in [6.45, 7) is 5.48. The summed E-state index contributed by atoms with van der Waals surface area (Å²) < 4.78 is 2.23. The third kappa shape index (κ3) is 2.37. The summed E-state index contributed by atoms with van der Waals surface area (Å²) in [6, 6.07) is 9.11. The Labute approximate surface area is 114 Å². The van der Waals surface area contributed by atoms with E-state index in [0.29, 0.717) is 12.0 Å². The predicted octanol–water partition coefficient (Wildman–Crippen LogP) is 3.12. The number of hydrogen-bond acceptors (Lipinski definition) is 2. The lowest BCUT2D eigenvalue weighted by atomic mass is 9.87. The first kappa shape index (κ1) is 12.3. The van der Waals surface area contributed by atoms with Gasteiger partial charge in [-0.2, -0.15) is 0 Å². The van der Waals surface area contributed by atoms with E-state index in [0.717, 1.165) is 19.4 Å². The Morgan fingerprint density at radius 1 is 1.37 bits per heavy atom. The van der Waals surface area contributed by atoms with Crippen molar-refractivity contribution in [3.8, 4) is 0 Å². The molecule has 2 atom stereocenters. The molecule has 2 unspecified atom stereocenters. The Morgan fingerprint density at radius 2 is 2.21 bits per heavy atom. The summed E-state index contributed by atoms with van der Waals surface area (Å²) >= 11 is 0. The summed E-state index contributed by atoms with van der Waals surface area (Å²) in [5.41, 5.74) is 2.73. The molecule has 2 heterocycles. The topological polar surface area (TPSA) is 29.9 Å². The normalized spacial score (nSPS) is 21.8. The van der Waals surface area contributed by atoms with Crippen LogP contribution >= 0.6 is 0 Å². The molecule has 0 saturated heterocycles. The van der Waals surface area contributed by atoms with Crippen molar-refractivity contribution in [2.45, 2.75) is 39.3 Å². The second-order valence-electron chi connectivity index (χ2n) is 5.42. The number of aryl methyl sites for hydroxylation is 1. The molecule has 3 rings (SSSR count). The Bertz CT molecular complexity index is 559. The fourth-order valence-corrected chi connectivity index (χ4v) is 2.94. The van der Waals surface area contributed by atoms with E-state index in [-0.39, 0.29) is 0 Å². The summed E-state index contributed by atoms with van der Waals surface area (Å²) in [7, 11) is 0. The molecule has 0 aliphatic carbocycles. The number of anilines is 1. The van der Waals surface area contributed by atoms with Gasteiger partial charge in [-0.25, -0.2) is 4.98 Å². The largest absolute Gasteiger partial charge is 0.381 e. The number of hydrogen-bond donors (Lipinski definition) is 1. The van der Waals surface area contributed by atoms with E-state index in [2.05, 4.69) is 59.2 Å². The van der Waals surface area contributed by atoms with Crippen LogP contribution in [0.3, 0.4) is 0 Å². The van der Waals surface area contributed by atoms with Gasteiger partial charge >= 0.3 is 0 Å². The van der Waals surface area contributed by atoms with Gasteiger partial charge in [0.1, 0.15) is 5.82 Å². The minimum atomic E-state index is 0.475. The summed E-state index contributed by atoms with van der Waals surface area (Å²) in [5, 5.41) is 3.68. The number of nitrogens with one attached hydrogen (secondary N) is 1. The molecule has 19 heavy (non-hydrogen) atoms. The second-order valence-corrected chi connectivity index (χ2v) is 5.42. The number of benzene rings is 1. The van der Waals surface area contributed by atoms with Gasteiger partial charge in [0.2, 0.25) is 0 Å². The summed E-state index contributed by atoms with van der Waals surface area (Å²) in [4.78, 5) is 4.49. The Kier molecular flexibility index (Phi) is 3.28. The van der Waals surface area contributed by atoms with Crippen LogP contribution in [0, 0.1) is 5.92 Å². The van der Waals surface area contributed by atoms with Gasteiger partial charge in [0.15, 0.2) is 0 Å². The fourth-order valence-electron chi connectivity index (χ4n) is 2.94. The highest BCUT2D eigenvalue weighted by Crippen LogP contribution is 2.29. The number of imidazole rings is 1. The molecule has 1 aliphatic rings. The van der Waals surface area contributed by atoms with Gasteiger partial charge in [-0.3, -0.25) is 0 Å². The highest BCUT2D eigenvalue weighted by atomic mass is 15.1. The molecule has 0 bridgehead atoms. The van der Waals surface area contributed by atoms with Crippen molar-refractivity contribution in [1.82, 2.24) is 9.55 Å². The molecule has 2 aromatic rings. The third-order valence-electron chi connectivity index (χ3n) is 4.13. The first-order valence-electron chi connectivity index (χ1n) is 7.12. The summed E-state index contributed by atoms with van der Waals surface area (Å²) in [5.74, 6) is 1.82. The van der Waals surface area contributed by atoms with Crippen molar-refractivity contribution in [3.63, 3.8) is 0 Å². The van der Waals surface area contributed by atoms with Crippen LogP contribution in [0.4, 0.5) is 5.69 Å². The SMILES string of the molecule is CCn1ccnc1CC1Nc2ccccc2CC1C. The molecule has 1 aromatic carbocycles. The highest BCUT2D eigenvalue weighted by Gasteiger charge is 2.25. The molecule has 100 valence electrons. The van der Waals surface area contributed by atoms with Gasteiger partial charge in [-0.05, 0) is 30.9 Å². The number of rotatable bonds is 3. The molecular formula is C16H21N3. The van der Waals surface area contributed by atoms with Gasteiger partial charge in [0, 0.05) is 37.1 Å². The highest BCUT2D eigenvalue weighted by molar-refractivity contribution is 5.54. The number of aromatic nitrogens is 2. The minimum Gasteiger partial charge on any atom is -0.381 e. The number of para-hydroxylation sites is 1. The standard InChI is InChI=1S/C16H21N3/c1-3-19-9-8-17-16(19)11-15-12(2)10-13-6-4-5-7-14(13)18-15/h4-9,12,15,18H,3,10-11H2,1-2H3. The van der Waals surface area contributed by atoms with Crippen LogP contribution in [0.5, 0.6) is 0 Å². The predicted molar refractivity (Wildman–Crippen MR) is 78.3 cm³/mol. The van der Waals surface area contributed by atoms with Crippen LogP contribution in [0.2, 0.25) is 0 Å². The zero-order valence-corrected chi connectivity index (χ0v) is 11.6. The van der Waals surface area contributed by atoms with Crippen LogP contribution in [0.15, 0.2) is 36.7 Å². The average molecular weight is 255 g/mol. The van der Waals surface area contributed by atoms with Crippen molar-refractivity contribution >= 4 is 5.69 Å². The molecule has 0 fully saturated rings. The van der Waals surface area contributed by atoms with Crippen molar-refractivity contribution in [1.29, 1.82) is 0 Å². The lowest BCUT2D eigenvalue weighted by molar-refractivity contribution is 0.449. The van der Waals surface area contributed by atoms with Crippen molar-refractivity contribution in [3.05, 3.63) is 48.0 Å². The molecule has 1 N–H and O–H groups in total. The van der Waals surface area contributed by atoms with Gasteiger partial charge < -0.3 is 9.88 Å². The lowest BCUT2D eigenvalue weighted by Crippen LogP contribution is -2.35. The van der Waals surface area contributed by atoms with Crippen LogP contribution in [0.25, 0.3) is 0 Å². The van der Waals surface area contributed by atoms with Crippen LogP contribution < -0.4 is 5.32 Å². The van der Waals surface area contributed by atoms with Gasteiger partial charge in [0.05, 0.1) is 0 Å². The average Bonchev–Trinajstić information content (AvgIpc) is 2.87. The molecule has 1 aromatic heterocycles. The Morgan fingerprint density at radius 3 is 3.05 bits per heavy atom. The molecule has 3 heteroatoms. The first-order valence-corrected chi connectivity index (χ1v) is 7.12. The molecule has 0 spiro atoms. The minimum absolute atomic E-state index is 0.475. The van der Waals surface area contributed by atoms with Crippen molar-refractivity contribution in [2.24, 2.45) is 5.92 Å². The fraction of sp³-hybridized carbons (Fsp3) is 0.438. The van der Waals surface area contributed by atoms with Gasteiger partial charge in [0.25, 0.3) is 0 Å². The maximum absolute atomic E-state index is 4.49. The van der Waals surface area contributed by atoms with Gasteiger partial charge in [-0.15, -0.1) is 0 Å². The van der Waals surface area contributed by atoms with Crippen molar-refractivity contribution < 1.29 is 0 Å². The van der Waals surface area contributed by atoms with Crippen LogP contribution in [-0.2, 0) is 19.4 Å². The Hall–Kier alpha value is -1.77. The van der Waals surface area contributed by atoms with E-state index in [1.54, 1.807) is 0 Å². The zero-order chi connectivity index (χ0) is 13.2. The number of fused-ring (bicyclic) bond motifs is 1. The maximum atomic E-state index is 4.49. The molecule has 0 amide bonds. The van der Waals surface area contributed by atoms with E-state index in [1.165, 1.54) is 17.1 Å². The van der Waals surface area contributed by atoms with E-state index in [9.17, 15) is 0 Å². The lowest BCUT2D eigenvalue weighted by Gasteiger charge is -2.32. The summed E-state index contributed by atoms with van der Waals surface area (Å²) in [6.07, 6.45) is 6.12. The third-order valence-corrected chi connectivity index (χ3v) is 4.13.